The van der Waals surface area contributed by atoms with Crippen LogP contribution in [-0.2, 0) is 20.1 Å². The van der Waals surface area contributed by atoms with Crippen molar-refractivity contribution in [2.45, 2.75) is 32.9 Å². The molecule has 4 nitrogen and oxygen atoms in total. The number of amides is 1. The van der Waals surface area contributed by atoms with Gasteiger partial charge in [-0.1, -0.05) is 43.7 Å². The van der Waals surface area contributed by atoms with Crippen LogP contribution in [0.4, 0.5) is 0 Å². The van der Waals surface area contributed by atoms with Gasteiger partial charge in [0.05, 0.1) is 13.6 Å². The SMILES string of the molecule is CCCCn1cc[n+](C)c1C(=O)NCc1ccccc1. The van der Waals surface area contributed by atoms with Crippen molar-refractivity contribution in [3.05, 3.63) is 54.1 Å². The van der Waals surface area contributed by atoms with Gasteiger partial charge in [-0.05, 0) is 12.0 Å². The first kappa shape index (κ1) is 14.3. The van der Waals surface area contributed by atoms with Crippen molar-refractivity contribution in [2.75, 3.05) is 0 Å². The Morgan fingerprint density at radius 2 is 2.05 bits per heavy atom. The van der Waals surface area contributed by atoms with Crippen molar-refractivity contribution in [1.29, 1.82) is 0 Å². The minimum atomic E-state index is -0.0301. The summed E-state index contributed by atoms with van der Waals surface area (Å²) in [5.74, 6) is 0.673. The number of nitrogens with one attached hydrogen (secondary N) is 1. The predicted octanol–water partition coefficient (Wildman–Crippen LogP) is 2.04. The molecular weight excluding hydrogens is 250 g/mol. The minimum absolute atomic E-state index is 0.0301. The molecule has 1 heterocycles. The second-order valence-electron chi connectivity index (χ2n) is 4.95. The highest BCUT2D eigenvalue weighted by Gasteiger charge is 2.22. The number of aromatic nitrogens is 2. The van der Waals surface area contributed by atoms with Gasteiger partial charge in [-0.25, -0.2) is 9.13 Å². The summed E-state index contributed by atoms with van der Waals surface area (Å²) in [6, 6.07) is 9.95. The maximum atomic E-state index is 12.3. The van der Waals surface area contributed by atoms with Crippen molar-refractivity contribution in [3.63, 3.8) is 0 Å². The largest absolute Gasteiger partial charge is 0.347 e. The Morgan fingerprint density at radius 1 is 1.30 bits per heavy atom. The van der Waals surface area contributed by atoms with E-state index in [0.29, 0.717) is 12.4 Å². The van der Waals surface area contributed by atoms with Gasteiger partial charge in [0.1, 0.15) is 12.4 Å². The highest BCUT2D eigenvalue weighted by atomic mass is 16.2. The highest BCUT2D eigenvalue weighted by molar-refractivity contribution is 5.89. The van der Waals surface area contributed by atoms with E-state index in [1.807, 2.05) is 58.9 Å². The van der Waals surface area contributed by atoms with Crippen LogP contribution in [0, 0.1) is 0 Å². The van der Waals surface area contributed by atoms with E-state index in [9.17, 15) is 4.79 Å². The molecular formula is C16H22N3O+. The van der Waals surface area contributed by atoms with Crippen molar-refractivity contribution >= 4 is 5.91 Å². The molecule has 106 valence electrons. The summed E-state index contributed by atoms with van der Waals surface area (Å²) in [5, 5.41) is 2.98. The lowest BCUT2D eigenvalue weighted by Crippen LogP contribution is -2.40. The Balaban J connectivity index is 2.03. The zero-order valence-corrected chi connectivity index (χ0v) is 12.2. The van der Waals surface area contributed by atoms with Crippen LogP contribution in [0.1, 0.15) is 35.9 Å². The van der Waals surface area contributed by atoms with Crippen LogP contribution in [0.25, 0.3) is 0 Å². The average molecular weight is 272 g/mol. The summed E-state index contributed by atoms with van der Waals surface area (Å²) in [6.07, 6.45) is 6.08. The van der Waals surface area contributed by atoms with Crippen LogP contribution in [0.5, 0.6) is 0 Å². The number of rotatable bonds is 6. The molecule has 1 aromatic heterocycles. The third-order valence-corrected chi connectivity index (χ3v) is 3.33. The van der Waals surface area contributed by atoms with Gasteiger partial charge in [0.15, 0.2) is 0 Å². The zero-order valence-electron chi connectivity index (χ0n) is 12.2. The normalized spacial score (nSPS) is 10.5. The summed E-state index contributed by atoms with van der Waals surface area (Å²) in [4.78, 5) is 12.3. The number of benzene rings is 1. The van der Waals surface area contributed by atoms with Gasteiger partial charge in [0.25, 0.3) is 0 Å². The van der Waals surface area contributed by atoms with Gasteiger partial charge in [0, 0.05) is 6.54 Å². The molecule has 0 atom stereocenters. The van der Waals surface area contributed by atoms with E-state index in [1.54, 1.807) is 0 Å². The van der Waals surface area contributed by atoms with Crippen LogP contribution in [0.3, 0.4) is 0 Å². The fourth-order valence-electron chi connectivity index (χ4n) is 2.18. The van der Waals surface area contributed by atoms with Gasteiger partial charge in [0.2, 0.25) is 0 Å². The predicted molar refractivity (Wildman–Crippen MR) is 78.1 cm³/mol. The molecule has 0 radical (unpaired) electrons. The quantitative estimate of drug-likeness (QED) is 0.803. The third kappa shape index (κ3) is 3.47. The summed E-state index contributed by atoms with van der Waals surface area (Å²) in [5.41, 5.74) is 1.11. The van der Waals surface area contributed by atoms with Gasteiger partial charge >= 0.3 is 11.7 Å². The molecule has 0 saturated carbocycles. The van der Waals surface area contributed by atoms with E-state index in [2.05, 4.69) is 12.2 Å². The van der Waals surface area contributed by atoms with E-state index in [-0.39, 0.29) is 5.91 Å². The van der Waals surface area contributed by atoms with Crippen LogP contribution >= 0.6 is 0 Å². The highest BCUT2D eigenvalue weighted by Crippen LogP contribution is 2.02. The Morgan fingerprint density at radius 3 is 2.75 bits per heavy atom. The summed E-state index contributed by atoms with van der Waals surface area (Å²) in [6.45, 7) is 3.59. The standard InChI is InChI=1S/C16H21N3O/c1-3-4-10-19-12-11-18(2)16(19)15(20)17-13-14-8-6-5-7-9-14/h5-9,11-12H,3-4,10,13H2,1-2H3/p+1. The molecule has 0 fully saturated rings. The van der Waals surface area contributed by atoms with Crippen LogP contribution in [0.2, 0.25) is 0 Å². The second-order valence-corrected chi connectivity index (χ2v) is 4.95. The topological polar surface area (TPSA) is 37.9 Å². The molecule has 0 aliphatic rings. The van der Waals surface area contributed by atoms with Crippen molar-refractivity contribution < 1.29 is 9.36 Å². The first-order chi connectivity index (χ1) is 9.72. The van der Waals surface area contributed by atoms with Crippen LogP contribution in [-0.4, -0.2) is 10.5 Å². The Labute approximate surface area is 120 Å². The fourth-order valence-corrected chi connectivity index (χ4v) is 2.18. The number of carbonyl (C=O) groups is 1. The van der Waals surface area contributed by atoms with Crippen LogP contribution < -0.4 is 9.88 Å². The molecule has 0 unspecified atom stereocenters. The lowest BCUT2D eigenvalue weighted by Gasteiger charge is -2.05. The van der Waals surface area contributed by atoms with Crippen molar-refractivity contribution in [1.82, 2.24) is 9.88 Å². The number of unbranched alkanes of at least 4 members (excludes halogenated alkanes) is 1. The van der Waals surface area contributed by atoms with E-state index in [4.69, 9.17) is 0 Å². The molecule has 1 N–H and O–H groups in total. The van der Waals surface area contributed by atoms with Gasteiger partial charge in [-0.2, -0.15) is 0 Å². The molecule has 0 aliphatic carbocycles. The summed E-state index contributed by atoms with van der Waals surface area (Å²) in [7, 11) is 1.90. The molecule has 20 heavy (non-hydrogen) atoms. The first-order valence-electron chi connectivity index (χ1n) is 7.09. The Kier molecular flexibility index (Phi) is 4.93. The monoisotopic (exact) mass is 272 g/mol. The molecule has 0 spiro atoms. The molecule has 0 saturated heterocycles. The molecule has 2 aromatic rings. The zero-order chi connectivity index (χ0) is 14.4. The number of carbonyl (C=O) groups excluding carboxylic acids is 1. The molecule has 0 aliphatic heterocycles. The molecule has 1 amide bonds. The fraction of sp³-hybridized carbons (Fsp3) is 0.375. The van der Waals surface area contributed by atoms with E-state index in [0.717, 1.165) is 24.9 Å². The third-order valence-electron chi connectivity index (χ3n) is 3.33. The van der Waals surface area contributed by atoms with Crippen molar-refractivity contribution in [2.24, 2.45) is 7.05 Å². The maximum Gasteiger partial charge on any atom is 0.347 e. The number of aryl methyl sites for hydroxylation is 2. The second kappa shape index (κ2) is 6.89. The molecule has 0 bridgehead atoms. The number of hydrogen-bond acceptors (Lipinski definition) is 1. The maximum absolute atomic E-state index is 12.3. The van der Waals surface area contributed by atoms with Gasteiger partial charge < -0.3 is 5.32 Å². The smallest absolute Gasteiger partial charge is 0.341 e. The van der Waals surface area contributed by atoms with E-state index in [1.165, 1.54) is 0 Å². The summed E-state index contributed by atoms with van der Waals surface area (Å²) >= 11 is 0. The Bertz CT molecular complexity index is 560. The van der Waals surface area contributed by atoms with Crippen LogP contribution in [0.15, 0.2) is 42.7 Å². The number of nitrogens with zero attached hydrogens (tertiary/aromatic N) is 2. The molecule has 1 aromatic carbocycles. The first-order valence-corrected chi connectivity index (χ1v) is 7.09. The summed E-state index contributed by atoms with van der Waals surface area (Å²) < 4.78 is 3.89. The lowest BCUT2D eigenvalue weighted by molar-refractivity contribution is -0.673. The average Bonchev–Trinajstić information content (AvgIpc) is 2.84. The number of hydrogen-bond donors (Lipinski definition) is 1. The van der Waals surface area contributed by atoms with Crippen molar-refractivity contribution in [3.8, 4) is 0 Å². The Hall–Kier alpha value is -2.10. The molecule has 2 rings (SSSR count). The molecule has 4 heteroatoms. The van der Waals surface area contributed by atoms with Gasteiger partial charge in [-0.3, -0.25) is 4.79 Å². The van der Waals surface area contributed by atoms with E-state index >= 15 is 0 Å². The van der Waals surface area contributed by atoms with E-state index < -0.39 is 0 Å². The number of imidazole rings is 1. The van der Waals surface area contributed by atoms with Gasteiger partial charge in [-0.15, -0.1) is 0 Å². The lowest BCUT2D eigenvalue weighted by atomic mass is 10.2. The minimum Gasteiger partial charge on any atom is -0.341 e.